The van der Waals surface area contributed by atoms with Crippen LogP contribution >= 0.6 is 11.3 Å². The second kappa shape index (κ2) is 8.81. The van der Waals surface area contributed by atoms with Crippen LogP contribution in [-0.4, -0.2) is 36.3 Å². The van der Waals surface area contributed by atoms with Gasteiger partial charge in [-0.3, -0.25) is 9.59 Å². The van der Waals surface area contributed by atoms with Gasteiger partial charge in [-0.1, -0.05) is 24.3 Å². The molecule has 0 spiro atoms. The molecule has 4 nitrogen and oxygen atoms in total. The number of nitrogens with one attached hydrogen (secondary N) is 1. The zero-order valence-electron chi connectivity index (χ0n) is 14.3. The molecule has 3 rings (SSSR count). The average molecular weight is 356 g/mol. The summed E-state index contributed by atoms with van der Waals surface area (Å²) in [6, 6.07) is 13.4. The van der Waals surface area contributed by atoms with Gasteiger partial charge < -0.3 is 10.2 Å². The lowest BCUT2D eigenvalue weighted by Gasteiger charge is -2.32. The monoisotopic (exact) mass is 356 g/mol. The van der Waals surface area contributed by atoms with Crippen molar-refractivity contribution >= 4 is 23.2 Å². The summed E-state index contributed by atoms with van der Waals surface area (Å²) in [5, 5.41) is 5.01. The van der Waals surface area contributed by atoms with E-state index in [4.69, 9.17) is 0 Å². The molecule has 0 aliphatic carbocycles. The SMILES string of the molecule is O=C(Cc1cccs1)NCCC1CCN(C(=O)c2ccccc2)CC1. The Labute approximate surface area is 152 Å². The first-order chi connectivity index (χ1) is 12.2. The Kier molecular flexibility index (Phi) is 6.23. The van der Waals surface area contributed by atoms with Gasteiger partial charge in [0.2, 0.25) is 5.91 Å². The third-order valence-electron chi connectivity index (χ3n) is 4.71. The fourth-order valence-corrected chi connectivity index (χ4v) is 3.94. The van der Waals surface area contributed by atoms with Crippen molar-refractivity contribution in [1.29, 1.82) is 0 Å². The van der Waals surface area contributed by atoms with Gasteiger partial charge in [0.1, 0.15) is 0 Å². The Hall–Kier alpha value is -2.14. The second-order valence-electron chi connectivity index (χ2n) is 6.50. The molecule has 0 bridgehead atoms. The minimum atomic E-state index is 0.0964. The van der Waals surface area contributed by atoms with Crippen LogP contribution in [0.1, 0.15) is 34.5 Å². The maximum Gasteiger partial charge on any atom is 0.253 e. The van der Waals surface area contributed by atoms with Gasteiger partial charge in [0.05, 0.1) is 6.42 Å². The van der Waals surface area contributed by atoms with E-state index in [1.807, 2.05) is 52.7 Å². The molecule has 25 heavy (non-hydrogen) atoms. The summed E-state index contributed by atoms with van der Waals surface area (Å²) in [4.78, 5) is 27.4. The third-order valence-corrected chi connectivity index (χ3v) is 5.59. The molecule has 1 aliphatic rings. The molecule has 0 radical (unpaired) electrons. The molecule has 0 saturated carbocycles. The number of hydrogen-bond donors (Lipinski definition) is 1. The fourth-order valence-electron chi connectivity index (χ4n) is 3.24. The Bertz CT molecular complexity index is 677. The number of likely N-dealkylation sites (tertiary alicyclic amines) is 1. The molecule has 1 saturated heterocycles. The molecule has 0 unspecified atom stereocenters. The van der Waals surface area contributed by atoms with E-state index in [0.29, 0.717) is 12.3 Å². The summed E-state index contributed by atoms with van der Waals surface area (Å²) in [7, 11) is 0. The van der Waals surface area contributed by atoms with Crippen LogP contribution in [0.15, 0.2) is 47.8 Å². The van der Waals surface area contributed by atoms with Crippen molar-refractivity contribution in [3.63, 3.8) is 0 Å². The predicted octanol–water partition coefficient (Wildman–Crippen LogP) is 3.35. The molecular formula is C20H24N2O2S. The fraction of sp³-hybridized carbons (Fsp3) is 0.400. The van der Waals surface area contributed by atoms with Crippen molar-refractivity contribution < 1.29 is 9.59 Å². The van der Waals surface area contributed by atoms with E-state index >= 15 is 0 Å². The Morgan fingerprint density at radius 1 is 1.08 bits per heavy atom. The van der Waals surface area contributed by atoms with Gasteiger partial charge in [0.15, 0.2) is 0 Å². The molecule has 0 atom stereocenters. The Morgan fingerprint density at radius 3 is 2.52 bits per heavy atom. The van der Waals surface area contributed by atoms with Gasteiger partial charge >= 0.3 is 0 Å². The van der Waals surface area contributed by atoms with Crippen LogP contribution < -0.4 is 5.32 Å². The topological polar surface area (TPSA) is 49.4 Å². The van der Waals surface area contributed by atoms with Crippen molar-refractivity contribution in [3.8, 4) is 0 Å². The zero-order chi connectivity index (χ0) is 17.5. The van der Waals surface area contributed by atoms with Gasteiger partial charge in [-0.05, 0) is 48.8 Å². The lowest BCUT2D eigenvalue weighted by Crippen LogP contribution is -2.39. The highest BCUT2D eigenvalue weighted by atomic mass is 32.1. The average Bonchev–Trinajstić information content (AvgIpc) is 3.15. The molecule has 2 amide bonds. The lowest BCUT2D eigenvalue weighted by atomic mass is 9.93. The molecular weight excluding hydrogens is 332 g/mol. The van der Waals surface area contributed by atoms with Crippen LogP contribution in [0.4, 0.5) is 0 Å². The number of amides is 2. The molecule has 132 valence electrons. The second-order valence-corrected chi connectivity index (χ2v) is 7.53. The number of thiophene rings is 1. The summed E-state index contributed by atoms with van der Waals surface area (Å²) in [6.45, 7) is 2.34. The summed E-state index contributed by atoms with van der Waals surface area (Å²) in [6.07, 6.45) is 3.49. The molecule has 2 aromatic rings. The van der Waals surface area contributed by atoms with Crippen LogP contribution in [0.5, 0.6) is 0 Å². The number of rotatable bonds is 6. The third kappa shape index (κ3) is 5.16. The van der Waals surface area contributed by atoms with Gasteiger partial charge in [-0.15, -0.1) is 11.3 Å². The van der Waals surface area contributed by atoms with E-state index in [1.165, 1.54) is 0 Å². The molecule has 1 N–H and O–H groups in total. The predicted molar refractivity (Wildman–Crippen MR) is 101 cm³/mol. The molecule has 1 aromatic heterocycles. The molecule has 2 heterocycles. The summed E-state index contributed by atoms with van der Waals surface area (Å²) < 4.78 is 0. The minimum Gasteiger partial charge on any atom is -0.356 e. The van der Waals surface area contributed by atoms with Crippen LogP contribution in [-0.2, 0) is 11.2 Å². The zero-order valence-corrected chi connectivity index (χ0v) is 15.1. The van der Waals surface area contributed by atoms with E-state index in [2.05, 4.69) is 5.32 Å². The van der Waals surface area contributed by atoms with Crippen molar-refractivity contribution in [2.45, 2.75) is 25.7 Å². The quantitative estimate of drug-likeness (QED) is 0.863. The van der Waals surface area contributed by atoms with E-state index in [9.17, 15) is 9.59 Å². The smallest absolute Gasteiger partial charge is 0.253 e. The van der Waals surface area contributed by atoms with E-state index in [1.54, 1.807) is 11.3 Å². The number of carbonyl (C=O) groups is 2. The first-order valence-corrected chi connectivity index (χ1v) is 9.74. The van der Waals surface area contributed by atoms with Crippen molar-refractivity contribution in [3.05, 3.63) is 58.3 Å². The van der Waals surface area contributed by atoms with Gasteiger partial charge in [0, 0.05) is 30.1 Å². The number of nitrogens with zero attached hydrogens (tertiary/aromatic N) is 1. The van der Waals surface area contributed by atoms with E-state index < -0.39 is 0 Å². The molecule has 1 aliphatic heterocycles. The lowest BCUT2D eigenvalue weighted by molar-refractivity contribution is -0.120. The standard InChI is InChI=1S/C20H24N2O2S/c23-19(15-18-7-4-14-25-18)21-11-8-16-9-12-22(13-10-16)20(24)17-5-2-1-3-6-17/h1-7,14,16H,8-13,15H2,(H,21,23). The molecule has 1 aromatic carbocycles. The van der Waals surface area contributed by atoms with Crippen molar-refractivity contribution in [2.24, 2.45) is 5.92 Å². The van der Waals surface area contributed by atoms with Gasteiger partial charge in [0.25, 0.3) is 5.91 Å². The Morgan fingerprint density at radius 2 is 1.84 bits per heavy atom. The van der Waals surface area contributed by atoms with Crippen LogP contribution in [0.25, 0.3) is 0 Å². The van der Waals surface area contributed by atoms with Crippen LogP contribution in [0, 0.1) is 5.92 Å². The van der Waals surface area contributed by atoms with Gasteiger partial charge in [-0.2, -0.15) is 0 Å². The first-order valence-electron chi connectivity index (χ1n) is 8.86. The van der Waals surface area contributed by atoms with Crippen molar-refractivity contribution in [1.82, 2.24) is 10.2 Å². The normalized spacial score (nSPS) is 15.1. The highest BCUT2D eigenvalue weighted by molar-refractivity contribution is 7.10. The summed E-state index contributed by atoms with van der Waals surface area (Å²) in [5.74, 6) is 0.810. The van der Waals surface area contributed by atoms with Gasteiger partial charge in [-0.25, -0.2) is 0 Å². The number of hydrogen-bond acceptors (Lipinski definition) is 3. The molecule has 1 fully saturated rings. The highest BCUT2D eigenvalue weighted by Crippen LogP contribution is 2.21. The highest BCUT2D eigenvalue weighted by Gasteiger charge is 2.23. The van der Waals surface area contributed by atoms with E-state index in [-0.39, 0.29) is 11.8 Å². The maximum absolute atomic E-state index is 12.4. The first kappa shape index (κ1) is 17.7. The number of piperidine rings is 1. The minimum absolute atomic E-state index is 0.0964. The van der Waals surface area contributed by atoms with Crippen LogP contribution in [0.3, 0.4) is 0 Å². The van der Waals surface area contributed by atoms with Crippen molar-refractivity contribution in [2.75, 3.05) is 19.6 Å². The van der Waals surface area contributed by atoms with E-state index in [0.717, 1.165) is 49.3 Å². The maximum atomic E-state index is 12.4. The largest absolute Gasteiger partial charge is 0.356 e. The Balaban J connectivity index is 1.35. The molecule has 5 heteroatoms. The summed E-state index contributed by atoms with van der Waals surface area (Å²) in [5.41, 5.74) is 0.766. The summed E-state index contributed by atoms with van der Waals surface area (Å²) >= 11 is 1.62. The number of benzene rings is 1. The number of carbonyl (C=O) groups excluding carboxylic acids is 2. The van der Waals surface area contributed by atoms with Crippen LogP contribution in [0.2, 0.25) is 0 Å².